The summed E-state index contributed by atoms with van der Waals surface area (Å²) in [6.45, 7) is 5.95. The first kappa shape index (κ1) is 29.1. The van der Waals surface area contributed by atoms with Gasteiger partial charge in [0.15, 0.2) is 6.79 Å². The van der Waals surface area contributed by atoms with E-state index in [2.05, 4.69) is 37.2 Å². The summed E-state index contributed by atoms with van der Waals surface area (Å²) < 4.78 is 27.1. The topological polar surface area (TPSA) is 81.7 Å². The highest BCUT2D eigenvalue weighted by Gasteiger charge is 2.39. The van der Waals surface area contributed by atoms with Gasteiger partial charge in [-0.05, 0) is 85.1 Å². The van der Waals surface area contributed by atoms with Crippen LogP contribution in [0.4, 0.5) is 0 Å². The molecule has 2 aromatic carbocycles. The van der Waals surface area contributed by atoms with Gasteiger partial charge in [0.25, 0.3) is 0 Å². The zero-order valence-electron chi connectivity index (χ0n) is 20.0. The van der Waals surface area contributed by atoms with Crippen molar-refractivity contribution in [2.24, 2.45) is 5.41 Å². The Hall–Kier alpha value is -1.48. The van der Waals surface area contributed by atoms with Crippen LogP contribution >= 0.6 is 62.2 Å². The highest BCUT2D eigenvalue weighted by atomic mass is 79.9. The van der Waals surface area contributed by atoms with E-state index in [9.17, 15) is 14.2 Å². The van der Waals surface area contributed by atoms with Crippen LogP contribution in [0.25, 0.3) is 16.2 Å². The number of esters is 1. The maximum absolute atomic E-state index is 13.8. The van der Waals surface area contributed by atoms with Crippen molar-refractivity contribution < 1.29 is 23.4 Å². The number of amides is 1. The fourth-order valence-corrected chi connectivity index (χ4v) is 7.49. The summed E-state index contributed by atoms with van der Waals surface area (Å²) in [4.78, 5) is 25.5. The predicted molar refractivity (Wildman–Crippen MR) is 154 cm³/mol. The number of carbonyl (C=O) groups is 2. The monoisotopic (exact) mass is 675 g/mol. The minimum absolute atomic E-state index is 0.493. The minimum atomic E-state index is -3.68. The van der Waals surface area contributed by atoms with Crippen molar-refractivity contribution in [3.63, 3.8) is 0 Å². The zero-order valence-corrected chi connectivity index (χ0v) is 25.7. The van der Waals surface area contributed by atoms with Crippen LogP contribution in [0.2, 0.25) is 5.02 Å². The molecule has 0 fully saturated rings. The first-order valence-electron chi connectivity index (χ1n) is 10.8. The van der Waals surface area contributed by atoms with Crippen LogP contribution in [0.5, 0.6) is 0 Å². The quantitative estimate of drug-likeness (QED) is 0.147. The predicted octanol–water partition coefficient (Wildman–Crippen LogP) is 8.38. The van der Waals surface area contributed by atoms with Gasteiger partial charge in [-0.3, -0.25) is 18.7 Å². The second-order valence-electron chi connectivity index (χ2n) is 9.12. The lowest BCUT2D eigenvalue weighted by atomic mass is 9.98. The number of benzene rings is 2. The third kappa shape index (κ3) is 7.53. The van der Waals surface area contributed by atoms with Crippen molar-refractivity contribution in [1.82, 2.24) is 5.32 Å². The van der Waals surface area contributed by atoms with Gasteiger partial charge in [0, 0.05) is 31.5 Å². The van der Waals surface area contributed by atoms with Crippen molar-refractivity contribution in [3.8, 4) is 0 Å². The number of ether oxygens (including phenoxy) is 1. The molecule has 1 amide bonds. The van der Waals surface area contributed by atoms with Crippen LogP contribution in [0.3, 0.4) is 0 Å². The molecule has 0 aliphatic heterocycles. The van der Waals surface area contributed by atoms with E-state index < -0.39 is 37.1 Å². The van der Waals surface area contributed by atoms with Gasteiger partial charge in [0.1, 0.15) is 5.66 Å². The molecular weight excluding hydrogens is 653 g/mol. The van der Waals surface area contributed by atoms with Gasteiger partial charge in [-0.15, -0.1) is 11.3 Å². The van der Waals surface area contributed by atoms with Crippen LogP contribution in [0, 0.1) is 5.41 Å². The largest absolute Gasteiger partial charge is 0.438 e. The smallest absolute Gasteiger partial charge is 0.313 e. The Morgan fingerprint density at radius 2 is 1.83 bits per heavy atom. The van der Waals surface area contributed by atoms with Gasteiger partial charge in [-0.1, -0.05) is 43.5 Å². The number of hydrogen-bond donors (Lipinski definition) is 1. The standard InChI is InChI=1S/C25H25Br2ClNO5PS/c1-25(2,3)24(31)33-14-34-35(4,32)22(20-13-36-21-6-5-18(28)12-19(20)21)23(30)29-8-7-15-9-16(26)11-17(27)10-15/h5-13,22H,14H2,1-4H3,(H,29,30). The third-order valence-electron chi connectivity index (χ3n) is 5.08. The van der Waals surface area contributed by atoms with E-state index >= 15 is 0 Å². The molecule has 1 aromatic heterocycles. The van der Waals surface area contributed by atoms with E-state index in [0.29, 0.717) is 16.0 Å². The average molecular weight is 678 g/mol. The minimum Gasteiger partial charge on any atom is -0.438 e. The summed E-state index contributed by atoms with van der Waals surface area (Å²) in [5.41, 5.74) is -0.533. The molecule has 11 heteroatoms. The molecule has 0 saturated carbocycles. The van der Waals surface area contributed by atoms with E-state index in [0.717, 1.165) is 19.2 Å². The van der Waals surface area contributed by atoms with Crippen LogP contribution in [0.1, 0.15) is 37.6 Å². The second kappa shape index (κ2) is 11.9. The Morgan fingerprint density at radius 3 is 2.47 bits per heavy atom. The van der Waals surface area contributed by atoms with Crippen molar-refractivity contribution in [2.75, 3.05) is 13.5 Å². The van der Waals surface area contributed by atoms with E-state index in [1.54, 1.807) is 44.4 Å². The Bertz CT molecular complexity index is 1350. The van der Waals surface area contributed by atoms with Gasteiger partial charge in [0.05, 0.1) is 5.41 Å². The number of nitrogens with one attached hydrogen (secondary N) is 1. The van der Waals surface area contributed by atoms with Crippen LogP contribution < -0.4 is 5.32 Å². The molecule has 3 rings (SSSR count). The SMILES string of the molecule is CC(C)(C)C(=O)OCOP(C)(=O)C(C(=O)NC=Cc1cc(Br)cc(Br)c1)c1csc2ccc(Cl)cc12. The van der Waals surface area contributed by atoms with E-state index in [1.807, 2.05) is 24.3 Å². The first-order valence-corrected chi connectivity index (χ1v) is 15.7. The van der Waals surface area contributed by atoms with E-state index in [1.165, 1.54) is 24.2 Å². The summed E-state index contributed by atoms with van der Waals surface area (Å²) in [5.74, 6) is -1.02. The van der Waals surface area contributed by atoms with Crippen molar-refractivity contribution in [3.05, 3.63) is 73.1 Å². The summed E-state index contributed by atoms with van der Waals surface area (Å²) in [5, 5.41) is 5.71. The Balaban J connectivity index is 1.90. The lowest BCUT2D eigenvalue weighted by Crippen LogP contribution is -2.27. The Morgan fingerprint density at radius 1 is 1.17 bits per heavy atom. The first-order chi connectivity index (χ1) is 16.8. The van der Waals surface area contributed by atoms with Gasteiger partial charge in [-0.2, -0.15) is 0 Å². The zero-order chi connectivity index (χ0) is 26.7. The fraction of sp³-hybridized carbons (Fsp3) is 0.280. The maximum Gasteiger partial charge on any atom is 0.313 e. The molecule has 0 saturated heterocycles. The van der Waals surface area contributed by atoms with Gasteiger partial charge in [-0.25, -0.2) is 0 Å². The molecule has 6 nitrogen and oxygen atoms in total. The Kier molecular flexibility index (Phi) is 9.63. The van der Waals surface area contributed by atoms with E-state index in [-0.39, 0.29) is 0 Å². The van der Waals surface area contributed by atoms with Gasteiger partial charge >= 0.3 is 5.97 Å². The van der Waals surface area contributed by atoms with Crippen LogP contribution in [-0.4, -0.2) is 25.3 Å². The lowest BCUT2D eigenvalue weighted by Gasteiger charge is -2.24. The molecular formula is C25H25Br2ClNO5PS. The van der Waals surface area contributed by atoms with Crippen LogP contribution in [0.15, 0.2) is 56.9 Å². The summed E-state index contributed by atoms with van der Waals surface area (Å²) >= 11 is 14.5. The molecule has 0 aliphatic rings. The molecule has 2 atom stereocenters. The molecule has 1 N–H and O–H groups in total. The molecule has 0 radical (unpaired) electrons. The number of thiophene rings is 1. The highest BCUT2D eigenvalue weighted by molar-refractivity contribution is 9.11. The van der Waals surface area contributed by atoms with E-state index in [4.69, 9.17) is 20.9 Å². The normalized spacial score (nSPS) is 14.5. The summed E-state index contributed by atoms with van der Waals surface area (Å²) in [6, 6.07) is 11.0. The second-order valence-corrected chi connectivity index (χ2v) is 14.9. The number of halogens is 3. The summed E-state index contributed by atoms with van der Waals surface area (Å²) in [6.07, 6.45) is 3.21. The maximum atomic E-state index is 13.8. The van der Waals surface area contributed by atoms with Crippen LogP contribution in [-0.2, 0) is 23.4 Å². The average Bonchev–Trinajstić information content (AvgIpc) is 3.14. The number of carbonyl (C=O) groups excluding carboxylic acids is 2. The van der Waals surface area contributed by atoms with Crippen molar-refractivity contribution >= 4 is 90.2 Å². The highest BCUT2D eigenvalue weighted by Crippen LogP contribution is 2.59. The number of rotatable bonds is 8. The number of fused-ring (bicyclic) bond motifs is 1. The number of hydrogen-bond acceptors (Lipinski definition) is 6. The fourth-order valence-electron chi connectivity index (χ4n) is 3.29. The molecule has 3 aromatic rings. The molecule has 0 bridgehead atoms. The van der Waals surface area contributed by atoms with Gasteiger partial charge < -0.3 is 10.1 Å². The molecule has 0 spiro atoms. The van der Waals surface area contributed by atoms with Gasteiger partial charge in [0.2, 0.25) is 13.3 Å². The lowest BCUT2D eigenvalue weighted by molar-refractivity contribution is -0.159. The molecule has 192 valence electrons. The molecule has 0 aliphatic carbocycles. The summed E-state index contributed by atoms with van der Waals surface area (Å²) in [7, 11) is -3.68. The molecule has 36 heavy (non-hydrogen) atoms. The van der Waals surface area contributed by atoms with Crippen molar-refractivity contribution in [1.29, 1.82) is 0 Å². The third-order valence-corrected chi connectivity index (χ3v) is 9.28. The molecule has 2 unspecified atom stereocenters. The Labute approximate surface area is 236 Å². The molecule has 1 heterocycles. The van der Waals surface area contributed by atoms with Crippen molar-refractivity contribution in [2.45, 2.75) is 26.4 Å².